The molecule has 1 aromatic heterocycles. The fourth-order valence-corrected chi connectivity index (χ4v) is 3.62. The molecular weight excluding hydrogens is 340 g/mol. The van der Waals surface area contributed by atoms with Crippen molar-refractivity contribution in [3.63, 3.8) is 0 Å². The van der Waals surface area contributed by atoms with E-state index in [2.05, 4.69) is 23.3 Å². The summed E-state index contributed by atoms with van der Waals surface area (Å²) >= 11 is 0. The van der Waals surface area contributed by atoms with Crippen LogP contribution in [0.25, 0.3) is 10.9 Å². The van der Waals surface area contributed by atoms with Gasteiger partial charge in [0, 0.05) is 41.0 Å². The van der Waals surface area contributed by atoms with Crippen LogP contribution in [0.4, 0.5) is 0 Å². The lowest BCUT2D eigenvalue weighted by atomic mass is 9.87. The number of hydrogen-bond donors (Lipinski definition) is 2. The lowest BCUT2D eigenvalue weighted by Crippen LogP contribution is -2.33. The Morgan fingerprint density at radius 2 is 2.00 bits per heavy atom. The monoisotopic (exact) mass is 364 g/mol. The Kier molecular flexibility index (Phi) is 4.75. The van der Waals surface area contributed by atoms with E-state index in [1.807, 2.05) is 49.5 Å². The maximum Gasteiger partial charge on any atom is 0.231 e. The highest BCUT2D eigenvalue weighted by Crippen LogP contribution is 2.44. The Bertz CT molecular complexity index is 963. The second-order valence-electron chi connectivity index (χ2n) is 7.00. The van der Waals surface area contributed by atoms with Crippen molar-refractivity contribution in [1.29, 1.82) is 0 Å². The maximum atomic E-state index is 12.7. The van der Waals surface area contributed by atoms with E-state index in [4.69, 9.17) is 9.47 Å². The molecule has 1 aliphatic rings. The molecule has 0 saturated heterocycles. The van der Waals surface area contributed by atoms with Crippen LogP contribution in [0.15, 0.2) is 48.7 Å². The molecular formula is C22H24N2O3. The Labute approximate surface area is 158 Å². The molecule has 1 amide bonds. The third-order valence-electron chi connectivity index (χ3n) is 5.21. The van der Waals surface area contributed by atoms with E-state index in [1.165, 1.54) is 0 Å². The molecule has 2 atom stereocenters. The van der Waals surface area contributed by atoms with E-state index in [-0.39, 0.29) is 24.7 Å². The van der Waals surface area contributed by atoms with Crippen molar-refractivity contribution in [3.8, 4) is 11.5 Å². The van der Waals surface area contributed by atoms with Gasteiger partial charge in [-0.2, -0.15) is 0 Å². The van der Waals surface area contributed by atoms with Crippen LogP contribution in [0, 0.1) is 0 Å². The van der Waals surface area contributed by atoms with Gasteiger partial charge in [0.2, 0.25) is 12.7 Å². The summed E-state index contributed by atoms with van der Waals surface area (Å²) in [4.78, 5) is 16.1. The number of carbonyl (C=O) groups is 1. The molecule has 0 unspecified atom stereocenters. The highest BCUT2D eigenvalue weighted by atomic mass is 16.7. The second-order valence-corrected chi connectivity index (χ2v) is 7.00. The summed E-state index contributed by atoms with van der Waals surface area (Å²) in [7, 11) is 0. The van der Waals surface area contributed by atoms with Crippen molar-refractivity contribution >= 4 is 16.8 Å². The molecule has 0 saturated carbocycles. The first-order valence-electron chi connectivity index (χ1n) is 9.41. The molecule has 0 fully saturated rings. The van der Waals surface area contributed by atoms with Crippen LogP contribution >= 0.6 is 0 Å². The minimum atomic E-state index is -0.123. The topological polar surface area (TPSA) is 63.4 Å². The summed E-state index contributed by atoms with van der Waals surface area (Å²) in [6.45, 7) is 4.30. The molecule has 5 nitrogen and oxygen atoms in total. The van der Waals surface area contributed by atoms with Crippen molar-refractivity contribution in [2.24, 2.45) is 0 Å². The summed E-state index contributed by atoms with van der Waals surface area (Å²) < 4.78 is 11.3. The number of fused-ring (bicyclic) bond motifs is 2. The van der Waals surface area contributed by atoms with E-state index in [9.17, 15) is 4.79 Å². The lowest BCUT2D eigenvalue weighted by molar-refractivity contribution is -0.121. The Morgan fingerprint density at radius 3 is 2.85 bits per heavy atom. The van der Waals surface area contributed by atoms with Crippen LogP contribution in [-0.4, -0.2) is 23.7 Å². The van der Waals surface area contributed by atoms with E-state index in [1.54, 1.807) is 0 Å². The molecule has 0 spiro atoms. The molecule has 2 heterocycles. The number of para-hydroxylation sites is 2. The van der Waals surface area contributed by atoms with E-state index >= 15 is 0 Å². The minimum absolute atomic E-state index is 0.0381. The van der Waals surface area contributed by atoms with Crippen LogP contribution in [0.2, 0.25) is 0 Å². The molecule has 4 rings (SSSR count). The highest BCUT2D eigenvalue weighted by molar-refractivity contribution is 5.86. The fourth-order valence-electron chi connectivity index (χ4n) is 3.62. The second kappa shape index (κ2) is 7.35. The summed E-state index contributed by atoms with van der Waals surface area (Å²) in [5, 5.41) is 4.21. The molecule has 3 aromatic rings. The Morgan fingerprint density at radius 1 is 1.15 bits per heavy atom. The summed E-state index contributed by atoms with van der Waals surface area (Å²) in [5.74, 6) is 1.39. The first-order valence-corrected chi connectivity index (χ1v) is 9.41. The SMILES string of the molecule is CC[C@H](C)NC(=O)C[C@@H](c1cccc2c1OCO2)c1c[nH]c2ccccc12. The molecule has 1 aliphatic heterocycles. The van der Waals surface area contributed by atoms with Gasteiger partial charge < -0.3 is 19.8 Å². The molecule has 140 valence electrons. The zero-order chi connectivity index (χ0) is 18.8. The van der Waals surface area contributed by atoms with Crippen molar-refractivity contribution < 1.29 is 14.3 Å². The van der Waals surface area contributed by atoms with Crippen LogP contribution in [0.3, 0.4) is 0 Å². The van der Waals surface area contributed by atoms with E-state index in [0.717, 1.165) is 39.9 Å². The third-order valence-corrected chi connectivity index (χ3v) is 5.21. The average Bonchev–Trinajstić information content (AvgIpc) is 3.32. The van der Waals surface area contributed by atoms with Crippen molar-refractivity contribution in [3.05, 3.63) is 59.8 Å². The quantitative estimate of drug-likeness (QED) is 0.684. The van der Waals surface area contributed by atoms with Gasteiger partial charge in [0.1, 0.15) is 0 Å². The molecule has 5 heteroatoms. The van der Waals surface area contributed by atoms with E-state index < -0.39 is 0 Å². The number of carbonyl (C=O) groups excluding carboxylic acids is 1. The number of aromatic amines is 1. The Hall–Kier alpha value is -2.95. The first kappa shape index (κ1) is 17.5. The number of H-pyrrole nitrogens is 1. The van der Waals surface area contributed by atoms with Crippen molar-refractivity contribution in [1.82, 2.24) is 10.3 Å². The predicted octanol–water partition coefficient (Wildman–Crippen LogP) is 4.33. The number of amides is 1. The largest absolute Gasteiger partial charge is 0.454 e. The van der Waals surface area contributed by atoms with Crippen LogP contribution < -0.4 is 14.8 Å². The normalized spacial score (nSPS) is 14.9. The average molecular weight is 364 g/mol. The standard InChI is InChI=1S/C22H24N2O3/c1-3-14(2)24-21(25)11-17(16-8-6-10-20-22(16)27-13-26-20)18-12-23-19-9-5-4-7-15(18)19/h4-10,12,14,17,23H,3,11,13H2,1-2H3,(H,24,25)/t14-,17-/m0/s1. The fraction of sp³-hybridized carbons (Fsp3) is 0.318. The molecule has 2 N–H and O–H groups in total. The van der Waals surface area contributed by atoms with Crippen LogP contribution in [-0.2, 0) is 4.79 Å². The predicted molar refractivity (Wildman–Crippen MR) is 105 cm³/mol. The Balaban J connectivity index is 1.76. The van der Waals surface area contributed by atoms with Crippen LogP contribution in [0.1, 0.15) is 43.7 Å². The van der Waals surface area contributed by atoms with Gasteiger partial charge in [0.25, 0.3) is 0 Å². The molecule has 0 aliphatic carbocycles. The number of nitrogens with one attached hydrogen (secondary N) is 2. The van der Waals surface area contributed by atoms with Gasteiger partial charge in [-0.3, -0.25) is 4.79 Å². The summed E-state index contributed by atoms with van der Waals surface area (Å²) in [6, 6.07) is 14.2. The van der Waals surface area contributed by atoms with Gasteiger partial charge in [0.15, 0.2) is 11.5 Å². The van der Waals surface area contributed by atoms with Gasteiger partial charge in [-0.15, -0.1) is 0 Å². The van der Waals surface area contributed by atoms with E-state index in [0.29, 0.717) is 6.42 Å². The number of rotatable bonds is 6. The number of ether oxygens (including phenoxy) is 2. The van der Waals surface area contributed by atoms with Gasteiger partial charge in [-0.1, -0.05) is 37.3 Å². The number of benzene rings is 2. The zero-order valence-corrected chi connectivity index (χ0v) is 15.6. The van der Waals surface area contributed by atoms with Crippen LogP contribution in [0.5, 0.6) is 11.5 Å². The minimum Gasteiger partial charge on any atom is -0.454 e. The lowest BCUT2D eigenvalue weighted by Gasteiger charge is -2.20. The highest BCUT2D eigenvalue weighted by Gasteiger charge is 2.28. The van der Waals surface area contributed by atoms with Gasteiger partial charge in [-0.25, -0.2) is 0 Å². The number of hydrogen-bond acceptors (Lipinski definition) is 3. The molecule has 2 aromatic carbocycles. The summed E-state index contributed by atoms with van der Waals surface area (Å²) in [5.41, 5.74) is 3.13. The molecule has 0 bridgehead atoms. The van der Waals surface area contributed by atoms with Gasteiger partial charge >= 0.3 is 0 Å². The zero-order valence-electron chi connectivity index (χ0n) is 15.6. The summed E-state index contributed by atoms with van der Waals surface area (Å²) in [6.07, 6.45) is 3.26. The number of aromatic nitrogens is 1. The van der Waals surface area contributed by atoms with Crippen molar-refractivity contribution in [2.45, 2.75) is 38.6 Å². The third kappa shape index (κ3) is 3.37. The van der Waals surface area contributed by atoms with Crippen molar-refractivity contribution in [2.75, 3.05) is 6.79 Å². The molecule has 0 radical (unpaired) electrons. The molecule has 27 heavy (non-hydrogen) atoms. The smallest absolute Gasteiger partial charge is 0.231 e. The first-order chi connectivity index (χ1) is 13.2. The van der Waals surface area contributed by atoms with Gasteiger partial charge in [-0.05, 0) is 31.0 Å². The maximum absolute atomic E-state index is 12.7. The van der Waals surface area contributed by atoms with Gasteiger partial charge in [0.05, 0.1) is 0 Å².